The van der Waals surface area contributed by atoms with E-state index in [9.17, 15) is 10.2 Å². The zero-order valence-electron chi connectivity index (χ0n) is 9.24. The van der Waals surface area contributed by atoms with Crippen LogP contribution in [0.25, 0.3) is 0 Å². The molecule has 0 fully saturated rings. The standard InChI is InChI=1S/C10H17ClN2O2/c1-4-8(14)9(15)5-7-10(11)6(2)12-13(7)3/h8-9,14-15H,4-5H2,1-3H3. The van der Waals surface area contributed by atoms with Crippen LogP contribution in [0.15, 0.2) is 0 Å². The van der Waals surface area contributed by atoms with E-state index in [1.165, 1.54) is 0 Å². The fourth-order valence-corrected chi connectivity index (χ4v) is 1.75. The van der Waals surface area contributed by atoms with Crippen molar-refractivity contribution in [3.8, 4) is 0 Å². The van der Waals surface area contributed by atoms with E-state index >= 15 is 0 Å². The summed E-state index contributed by atoms with van der Waals surface area (Å²) in [5.74, 6) is 0. The maximum absolute atomic E-state index is 9.68. The van der Waals surface area contributed by atoms with E-state index < -0.39 is 12.2 Å². The van der Waals surface area contributed by atoms with Gasteiger partial charge in [-0.15, -0.1) is 0 Å². The van der Waals surface area contributed by atoms with Gasteiger partial charge in [0.05, 0.1) is 28.6 Å². The first-order valence-electron chi connectivity index (χ1n) is 5.01. The lowest BCUT2D eigenvalue weighted by Gasteiger charge is -2.16. The van der Waals surface area contributed by atoms with Gasteiger partial charge in [0.1, 0.15) is 0 Å². The molecule has 0 spiro atoms. The van der Waals surface area contributed by atoms with E-state index in [2.05, 4.69) is 5.10 Å². The number of hydrogen-bond donors (Lipinski definition) is 2. The maximum atomic E-state index is 9.68. The van der Waals surface area contributed by atoms with E-state index in [4.69, 9.17) is 11.6 Å². The summed E-state index contributed by atoms with van der Waals surface area (Å²) in [6, 6.07) is 0. The molecule has 0 saturated heterocycles. The van der Waals surface area contributed by atoms with Crippen molar-refractivity contribution in [3.63, 3.8) is 0 Å². The minimum atomic E-state index is -0.790. The van der Waals surface area contributed by atoms with Gasteiger partial charge in [-0.1, -0.05) is 18.5 Å². The first-order valence-corrected chi connectivity index (χ1v) is 5.39. The first kappa shape index (κ1) is 12.5. The third-order valence-corrected chi connectivity index (χ3v) is 3.02. The Kier molecular flexibility index (Phi) is 4.13. The molecular weight excluding hydrogens is 216 g/mol. The molecule has 0 amide bonds. The third-order valence-electron chi connectivity index (χ3n) is 2.53. The highest BCUT2D eigenvalue weighted by Gasteiger charge is 2.19. The second-order valence-corrected chi connectivity index (χ2v) is 4.09. The maximum Gasteiger partial charge on any atom is 0.0854 e. The van der Waals surface area contributed by atoms with Gasteiger partial charge >= 0.3 is 0 Å². The molecule has 0 aliphatic rings. The fraction of sp³-hybridized carbons (Fsp3) is 0.700. The molecule has 15 heavy (non-hydrogen) atoms. The van der Waals surface area contributed by atoms with Gasteiger partial charge in [-0.3, -0.25) is 4.68 Å². The molecule has 2 N–H and O–H groups in total. The number of aryl methyl sites for hydroxylation is 2. The number of nitrogens with zero attached hydrogens (tertiary/aromatic N) is 2. The molecule has 86 valence electrons. The first-order chi connectivity index (χ1) is 6.97. The molecule has 0 aliphatic heterocycles. The molecule has 0 bridgehead atoms. The minimum absolute atomic E-state index is 0.325. The van der Waals surface area contributed by atoms with Crippen LogP contribution in [0.4, 0.5) is 0 Å². The predicted molar refractivity (Wildman–Crippen MR) is 59.0 cm³/mol. The molecule has 1 aromatic rings. The number of aliphatic hydroxyl groups is 2. The summed E-state index contributed by atoms with van der Waals surface area (Å²) in [5, 5.41) is 23.8. The third kappa shape index (κ3) is 2.71. The smallest absolute Gasteiger partial charge is 0.0854 e. The molecule has 1 heterocycles. The zero-order valence-corrected chi connectivity index (χ0v) is 9.99. The summed E-state index contributed by atoms with van der Waals surface area (Å²) >= 11 is 6.03. The van der Waals surface area contributed by atoms with Crippen LogP contribution in [0.1, 0.15) is 24.7 Å². The lowest BCUT2D eigenvalue weighted by Crippen LogP contribution is -2.28. The fourth-order valence-electron chi connectivity index (χ4n) is 1.51. The van der Waals surface area contributed by atoms with Crippen LogP contribution < -0.4 is 0 Å². The minimum Gasteiger partial charge on any atom is -0.390 e. The average molecular weight is 233 g/mol. The number of aromatic nitrogens is 2. The van der Waals surface area contributed by atoms with Crippen LogP contribution >= 0.6 is 11.6 Å². The summed E-state index contributed by atoms with van der Waals surface area (Å²) in [4.78, 5) is 0. The van der Waals surface area contributed by atoms with Crippen molar-refractivity contribution >= 4 is 11.6 Å². The Balaban J connectivity index is 2.80. The monoisotopic (exact) mass is 232 g/mol. The van der Waals surface area contributed by atoms with Gasteiger partial charge in [-0.05, 0) is 13.3 Å². The Bertz CT molecular complexity index is 338. The lowest BCUT2D eigenvalue weighted by atomic mass is 10.1. The molecule has 0 saturated carbocycles. The van der Waals surface area contributed by atoms with Crippen molar-refractivity contribution in [1.29, 1.82) is 0 Å². The predicted octanol–water partition coefficient (Wildman–Crippen LogP) is 1.06. The highest BCUT2D eigenvalue weighted by molar-refractivity contribution is 6.31. The lowest BCUT2D eigenvalue weighted by molar-refractivity contribution is 0.0171. The van der Waals surface area contributed by atoms with Crippen LogP contribution in [0.2, 0.25) is 5.02 Å². The van der Waals surface area contributed by atoms with Crippen LogP contribution in [-0.4, -0.2) is 32.2 Å². The van der Waals surface area contributed by atoms with E-state index in [1.54, 1.807) is 11.7 Å². The van der Waals surface area contributed by atoms with Gasteiger partial charge in [0.2, 0.25) is 0 Å². The van der Waals surface area contributed by atoms with E-state index in [1.807, 2.05) is 13.8 Å². The van der Waals surface area contributed by atoms with Gasteiger partial charge in [0.25, 0.3) is 0 Å². The molecule has 2 atom stereocenters. The van der Waals surface area contributed by atoms with Gasteiger partial charge in [-0.2, -0.15) is 5.10 Å². The van der Waals surface area contributed by atoms with Crippen LogP contribution in [0.3, 0.4) is 0 Å². The molecular formula is C10H17ClN2O2. The summed E-state index contributed by atoms with van der Waals surface area (Å²) < 4.78 is 1.64. The molecule has 0 aliphatic carbocycles. The molecule has 1 aromatic heterocycles. The van der Waals surface area contributed by atoms with Crippen molar-refractivity contribution < 1.29 is 10.2 Å². The van der Waals surface area contributed by atoms with Crippen LogP contribution in [-0.2, 0) is 13.5 Å². The molecule has 0 aromatic carbocycles. The Hall–Kier alpha value is -0.580. The summed E-state index contributed by atoms with van der Waals surface area (Å²) in [6.07, 6.45) is -0.653. The van der Waals surface area contributed by atoms with Crippen molar-refractivity contribution in [2.45, 2.75) is 38.9 Å². The second-order valence-electron chi connectivity index (χ2n) is 3.72. The van der Waals surface area contributed by atoms with Crippen LogP contribution in [0, 0.1) is 6.92 Å². The Morgan fingerprint density at radius 3 is 2.40 bits per heavy atom. The van der Waals surface area contributed by atoms with E-state index in [0.717, 1.165) is 11.4 Å². The number of hydrogen-bond acceptors (Lipinski definition) is 3. The van der Waals surface area contributed by atoms with Crippen LogP contribution in [0.5, 0.6) is 0 Å². The molecule has 0 radical (unpaired) electrons. The number of halogens is 1. The van der Waals surface area contributed by atoms with Gasteiger partial charge in [0.15, 0.2) is 0 Å². The van der Waals surface area contributed by atoms with Gasteiger partial charge < -0.3 is 10.2 Å². The van der Waals surface area contributed by atoms with Crippen molar-refractivity contribution in [1.82, 2.24) is 9.78 Å². The van der Waals surface area contributed by atoms with E-state index in [-0.39, 0.29) is 0 Å². The van der Waals surface area contributed by atoms with Crippen molar-refractivity contribution in [2.24, 2.45) is 7.05 Å². The summed E-state index contributed by atoms with van der Waals surface area (Å²) in [6.45, 7) is 3.64. The topological polar surface area (TPSA) is 58.3 Å². The Labute approximate surface area is 94.5 Å². The summed E-state index contributed by atoms with van der Waals surface area (Å²) in [5.41, 5.74) is 1.50. The number of rotatable bonds is 4. The Morgan fingerprint density at radius 1 is 1.40 bits per heavy atom. The van der Waals surface area contributed by atoms with Crippen molar-refractivity contribution in [2.75, 3.05) is 0 Å². The SMILES string of the molecule is CCC(O)C(O)Cc1c(Cl)c(C)nn1C. The highest BCUT2D eigenvalue weighted by Crippen LogP contribution is 2.21. The van der Waals surface area contributed by atoms with Gasteiger partial charge in [0, 0.05) is 13.5 Å². The normalized spacial score (nSPS) is 15.3. The van der Waals surface area contributed by atoms with Crippen molar-refractivity contribution in [3.05, 3.63) is 16.4 Å². The number of aliphatic hydroxyl groups excluding tert-OH is 2. The largest absolute Gasteiger partial charge is 0.390 e. The second kappa shape index (κ2) is 4.96. The molecule has 4 nitrogen and oxygen atoms in total. The summed E-state index contributed by atoms with van der Waals surface area (Å²) in [7, 11) is 1.78. The molecule has 1 rings (SSSR count). The zero-order chi connectivity index (χ0) is 11.6. The quantitative estimate of drug-likeness (QED) is 0.816. The molecule has 5 heteroatoms. The average Bonchev–Trinajstić information content (AvgIpc) is 2.43. The van der Waals surface area contributed by atoms with E-state index in [0.29, 0.717) is 17.9 Å². The van der Waals surface area contributed by atoms with Gasteiger partial charge in [-0.25, -0.2) is 0 Å². The highest BCUT2D eigenvalue weighted by atomic mass is 35.5. The molecule has 2 unspecified atom stereocenters. The Morgan fingerprint density at radius 2 is 2.00 bits per heavy atom.